The highest BCUT2D eigenvalue weighted by molar-refractivity contribution is 6.33. The van der Waals surface area contributed by atoms with Gasteiger partial charge in [0.15, 0.2) is 0 Å². The molecule has 0 unspecified atom stereocenters. The molecule has 0 N–H and O–H groups in total. The Hall–Kier alpha value is -1.74. The molecule has 2 aromatic rings. The molecule has 1 aliphatic rings. The lowest BCUT2D eigenvalue weighted by molar-refractivity contribution is 0.504. The van der Waals surface area contributed by atoms with Gasteiger partial charge in [0.2, 0.25) is 0 Å². The van der Waals surface area contributed by atoms with Gasteiger partial charge in [-0.25, -0.2) is 0 Å². The van der Waals surface area contributed by atoms with E-state index in [4.69, 9.17) is 11.6 Å². The molecule has 2 heterocycles. The van der Waals surface area contributed by atoms with Gasteiger partial charge < -0.3 is 9.47 Å². The Kier molecular flexibility index (Phi) is 6.19. The molecule has 1 saturated heterocycles. The minimum absolute atomic E-state index is 0.0551. The quantitative estimate of drug-likeness (QED) is 0.673. The van der Waals surface area contributed by atoms with Gasteiger partial charge >= 0.3 is 0 Å². The van der Waals surface area contributed by atoms with Crippen molar-refractivity contribution in [2.45, 2.75) is 51.5 Å². The van der Waals surface area contributed by atoms with Crippen LogP contribution in [0.25, 0.3) is 0 Å². The Bertz CT molecular complexity index is 733. The third kappa shape index (κ3) is 4.27. The summed E-state index contributed by atoms with van der Waals surface area (Å²) in [5, 5.41) is 0.372. The average molecular weight is 359 g/mol. The van der Waals surface area contributed by atoms with Crippen molar-refractivity contribution in [1.82, 2.24) is 4.57 Å². The van der Waals surface area contributed by atoms with Crippen LogP contribution in [-0.2, 0) is 6.54 Å². The summed E-state index contributed by atoms with van der Waals surface area (Å²) in [4.78, 5) is 14.8. The van der Waals surface area contributed by atoms with Gasteiger partial charge in [-0.2, -0.15) is 0 Å². The van der Waals surface area contributed by atoms with E-state index >= 15 is 0 Å². The summed E-state index contributed by atoms with van der Waals surface area (Å²) >= 11 is 6.42. The smallest absolute Gasteiger partial charge is 0.271 e. The molecule has 3 rings (SSSR count). The average Bonchev–Trinajstić information content (AvgIpc) is 2.66. The van der Waals surface area contributed by atoms with E-state index in [-0.39, 0.29) is 5.56 Å². The van der Waals surface area contributed by atoms with Crippen molar-refractivity contribution in [3.05, 3.63) is 63.5 Å². The molecule has 25 heavy (non-hydrogen) atoms. The van der Waals surface area contributed by atoms with E-state index in [1.54, 1.807) is 4.57 Å². The summed E-state index contributed by atoms with van der Waals surface area (Å²) in [7, 11) is 0. The number of rotatable bonds is 6. The molecular formula is C21H27ClN2O. The fourth-order valence-electron chi connectivity index (χ4n) is 3.67. The minimum Gasteiger partial charge on any atom is -0.370 e. The van der Waals surface area contributed by atoms with Crippen LogP contribution in [0.1, 0.15) is 50.5 Å². The molecule has 1 aliphatic heterocycles. The molecule has 0 spiro atoms. The van der Waals surface area contributed by atoms with Gasteiger partial charge in [0.05, 0.1) is 5.69 Å². The maximum absolute atomic E-state index is 12.5. The van der Waals surface area contributed by atoms with Crippen molar-refractivity contribution in [2.75, 3.05) is 18.0 Å². The number of benzene rings is 1. The zero-order valence-corrected chi connectivity index (χ0v) is 15.7. The van der Waals surface area contributed by atoms with Crippen LogP contribution in [0.15, 0.2) is 47.4 Å². The van der Waals surface area contributed by atoms with E-state index < -0.39 is 0 Å². The SMILES string of the molecule is CCCCCn1ccc(N2CCC(c3ccccc3)CC2)c(Cl)c1=O. The molecule has 0 radical (unpaired) electrons. The second-order valence-electron chi connectivity index (χ2n) is 6.89. The van der Waals surface area contributed by atoms with Crippen molar-refractivity contribution in [2.24, 2.45) is 0 Å². The van der Waals surface area contributed by atoms with Crippen molar-refractivity contribution in [3.8, 4) is 0 Å². The largest absolute Gasteiger partial charge is 0.370 e. The fraction of sp³-hybridized carbons (Fsp3) is 0.476. The number of piperidine rings is 1. The van der Waals surface area contributed by atoms with Crippen molar-refractivity contribution >= 4 is 17.3 Å². The number of pyridine rings is 1. The molecule has 1 fully saturated rings. The first kappa shape index (κ1) is 18.1. The first-order valence-electron chi connectivity index (χ1n) is 9.39. The lowest BCUT2D eigenvalue weighted by atomic mass is 9.89. The predicted octanol–water partition coefficient (Wildman–Crippen LogP) is 5.08. The third-order valence-electron chi connectivity index (χ3n) is 5.20. The molecule has 134 valence electrons. The first-order valence-corrected chi connectivity index (χ1v) is 9.77. The van der Waals surface area contributed by atoms with Crippen LogP contribution in [0.2, 0.25) is 5.02 Å². The van der Waals surface area contributed by atoms with Gasteiger partial charge in [0.25, 0.3) is 5.56 Å². The van der Waals surface area contributed by atoms with Crippen LogP contribution < -0.4 is 10.5 Å². The highest BCUT2D eigenvalue weighted by Gasteiger charge is 2.23. The molecule has 0 amide bonds. The van der Waals surface area contributed by atoms with E-state index in [0.29, 0.717) is 10.9 Å². The van der Waals surface area contributed by atoms with E-state index in [9.17, 15) is 4.79 Å². The Morgan fingerprint density at radius 3 is 2.48 bits per heavy atom. The van der Waals surface area contributed by atoms with Crippen LogP contribution in [0, 0.1) is 0 Å². The van der Waals surface area contributed by atoms with Gasteiger partial charge in [-0.05, 0) is 36.8 Å². The Labute approximate surface area is 155 Å². The highest BCUT2D eigenvalue weighted by atomic mass is 35.5. The second kappa shape index (κ2) is 8.57. The molecular weight excluding hydrogens is 332 g/mol. The van der Waals surface area contributed by atoms with E-state index in [1.807, 2.05) is 12.3 Å². The Morgan fingerprint density at radius 2 is 1.80 bits per heavy atom. The Balaban J connectivity index is 1.67. The van der Waals surface area contributed by atoms with Crippen LogP contribution >= 0.6 is 11.6 Å². The number of anilines is 1. The van der Waals surface area contributed by atoms with Crippen molar-refractivity contribution in [1.29, 1.82) is 0 Å². The van der Waals surface area contributed by atoms with Gasteiger partial charge in [0, 0.05) is 25.8 Å². The molecule has 4 heteroatoms. The van der Waals surface area contributed by atoms with Crippen molar-refractivity contribution < 1.29 is 0 Å². The second-order valence-corrected chi connectivity index (χ2v) is 7.27. The number of aromatic nitrogens is 1. The summed E-state index contributed by atoms with van der Waals surface area (Å²) in [5.41, 5.74) is 2.25. The summed E-state index contributed by atoms with van der Waals surface area (Å²) < 4.78 is 1.75. The topological polar surface area (TPSA) is 25.2 Å². The maximum Gasteiger partial charge on any atom is 0.271 e. The lowest BCUT2D eigenvalue weighted by Gasteiger charge is -2.34. The summed E-state index contributed by atoms with van der Waals surface area (Å²) in [6.07, 6.45) is 7.41. The Morgan fingerprint density at radius 1 is 1.08 bits per heavy atom. The summed E-state index contributed by atoms with van der Waals surface area (Å²) in [6, 6.07) is 12.7. The normalized spacial score (nSPS) is 15.5. The number of aryl methyl sites for hydroxylation is 1. The standard InChI is InChI=1S/C21H27ClN2O/c1-2-3-7-13-24-16-12-19(20(22)21(24)25)23-14-10-18(11-15-23)17-8-5-4-6-9-17/h4-6,8-9,12,16,18H,2-3,7,10-11,13-15H2,1H3. The number of unbranched alkanes of at least 4 members (excludes halogenated alkanes) is 2. The molecule has 0 bridgehead atoms. The minimum atomic E-state index is -0.0551. The van der Waals surface area contributed by atoms with Gasteiger partial charge in [-0.15, -0.1) is 0 Å². The summed E-state index contributed by atoms with van der Waals surface area (Å²) in [6.45, 7) is 4.80. The lowest BCUT2D eigenvalue weighted by Crippen LogP contribution is -2.34. The highest BCUT2D eigenvalue weighted by Crippen LogP contribution is 2.32. The number of hydrogen-bond acceptors (Lipinski definition) is 2. The van der Waals surface area contributed by atoms with Crippen LogP contribution in [-0.4, -0.2) is 17.7 Å². The predicted molar refractivity (Wildman–Crippen MR) is 106 cm³/mol. The van der Waals surface area contributed by atoms with E-state index in [1.165, 1.54) is 5.56 Å². The van der Waals surface area contributed by atoms with Crippen LogP contribution in [0.3, 0.4) is 0 Å². The third-order valence-corrected chi connectivity index (χ3v) is 5.55. The molecule has 1 aromatic heterocycles. The molecule has 1 aromatic carbocycles. The maximum atomic E-state index is 12.5. The molecule has 0 saturated carbocycles. The molecule has 3 nitrogen and oxygen atoms in total. The van der Waals surface area contributed by atoms with Crippen LogP contribution in [0.4, 0.5) is 5.69 Å². The molecule has 0 aliphatic carbocycles. The number of halogens is 1. The monoisotopic (exact) mass is 358 g/mol. The van der Waals surface area contributed by atoms with Gasteiger partial charge in [0.1, 0.15) is 5.02 Å². The van der Waals surface area contributed by atoms with E-state index in [2.05, 4.69) is 42.2 Å². The zero-order valence-electron chi connectivity index (χ0n) is 15.0. The fourth-order valence-corrected chi connectivity index (χ4v) is 3.96. The van der Waals surface area contributed by atoms with E-state index in [0.717, 1.165) is 57.4 Å². The van der Waals surface area contributed by atoms with Gasteiger partial charge in [-0.3, -0.25) is 4.79 Å². The number of hydrogen-bond donors (Lipinski definition) is 0. The first-order chi connectivity index (χ1) is 12.2. The van der Waals surface area contributed by atoms with Crippen molar-refractivity contribution in [3.63, 3.8) is 0 Å². The summed E-state index contributed by atoms with van der Waals surface area (Å²) in [5.74, 6) is 0.602. The molecule has 0 atom stereocenters. The van der Waals surface area contributed by atoms with Crippen LogP contribution in [0.5, 0.6) is 0 Å². The van der Waals surface area contributed by atoms with Gasteiger partial charge in [-0.1, -0.05) is 61.7 Å². The number of nitrogens with zero attached hydrogens (tertiary/aromatic N) is 2. The zero-order chi connectivity index (χ0) is 17.6.